The van der Waals surface area contributed by atoms with E-state index >= 15 is 0 Å². The number of aromatic nitrogens is 1. The van der Waals surface area contributed by atoms with Crippen LogP contribution in [0.5, 0.6) is 5.75 Å². The van der Waals surface area contributed by atoms with Gasteiger partial charge in [-0.15, -0.1) is 0 Å². The Hall–Kier alpha value is -2.23. The number of nitrogens with zero attached hydrogens (tertiary/aromatic N) is 1. The van der Waals surface area contributed by atoms with Crippen LogP contribution in [-0.2, 0) is 6.54 Å². The molecule has 0 saturated carbocycles. The second kappa shape index (κ2) is 5.21. The van der Waals surface area contributed by atoms with Gasteiger partial charge in [0.15, 0.2) is 0 Å². The van der Waals surface area contributed by atoms with Crippen LogP contribution in [0.3, 0.4) is 0 Å². The van der Waals surface area contributed by atoms with Gasteiger partial charge in [0.25, 0.3) is 0 Å². The van der Waals surface area contributed by atoms with Gasteiger partial charge in [-0.05, 0) is 35.9 Å². The molecule has 0 saturated heterocycles. The zero-order valence-electron chi connectivity index (χ0n) is 9.68. The number of benzene rings is 1. The topological polar surface area (TPSA) is 60.2 Å². The smallest absolute Gasteiger partial charge is 0.119 e. The summed E-state index contributed by atoms with van der Waals surface area (Å²) >= 11 is 0. The standard InChI is InChI=1S/C13H15N3O/c1-17-12-4-2-11(3-5-12)16-8-10-6-7-15-9-13(10)14/h2-7,9,16H,8,14H2,1H3. The summed E-state index contributed by atoms with van der Waals surface area (Å²) in [7, 11) is 1.65. The summed E-state index contributed by atoms with van der Waals surface area (Å²) in [4.78, 5) is 3.95. The maximum absolute atomic E-state index is 5.81. The molecule has 0 unspecified atom stereocenters. The van der Waals surface area contributed by atoms with Crippen molar-refractivity contribution in [2.45, 2.75) is 6.54 Å². The first-order valence-corrected chi connectivity index (χ1v) is 5.36. The van der Waals surface area contributed by atoms with Gasteiger partial charge in [-0.3, -0.25) is 4.98 Å². The molecule has 1 aromatic carbocycles. The molecule has 1 aromatic heterocycles. The number of anilines is 2. The second-order valence-electron chi connectivity index (χ2n) is 3.66. The lowest BCUT2D eigenvalue weighted by Crippen LogP contribution is -2.03. The minimum Gasteiger partial charge on any atom is -0.497 e. The largest absolute Gasteiger partial charge is 0.497 e. The fraction of sp³-hybridized carbons (Fsp3) is 0.154. The van der Waals surface area contributed by atoms with Crippen molar-refractivity contribution in [3.8, 4) is 5.75 Å². The molecule has 0 aliphatic heterocycles. The molecule has 88 valence electrons. The molecule has 4 heteroatoms. The summed E-state index contributed by atoms with van der Waals surface area (Å²) in [6, 6.07) is 9.68. The van der Waals surface area contributed by atoms with Crippen LogP contribution >= 0.6 is 0 Å². The van der Waals surface area contributed by atoms with Crippen LogP contribution in [0, 0.1) is 0 Å². The van der Waals surface area contributed by atoms with Crippen molar-refractivity contribution in [1.29, 1.82) is 0 Å². The average Bonchev–Trinajstić information content (AvgIpc) is 2.38. The third-order valence-corrected chi connectivity index (χ3v) is 2.52. The van der Waals surface area contributed by atoms with Crippen LogP contribution in [0.25, 0.3) is 0 Å². The number of nitrogens with two attached hydrogens (primary N) is 1. The van der Waals surface area contributed by atoms with Crippen molar-refractivity contribution < 1.29 is 4.74 Å². The number of pyridine rings is 1. The maximum atomic E-state index is 5.81. The zero-order valence-corrected chi connectivity index (χ0v) is 9.68. The Morgan fingerprint density at radius 1 is 1.24 bits per heavy atom. The highest BCUT2D eigenvalue weighted by atomic mass is 16.5. The summed E-state index contributed by atoms with van der Waals surface area (Å²) in [5.74, 6) is 0.846. The molecule has 0 amide bonds. The normalized spacial score (nSPS) is 9.94. The van der Waals surface area contributed by atoms with Gasteiger partial charge in [-0.1, -0.05) is 0 Å². The SMILES string of the molecule is COc1ccc(NCc2ccncc2N)cc1. The van der Waals surface area contributed by atoms with Crippen LogP contribution in [0.1, 0.15) is 5.56 Å². The van der Waals surface area contributed by atoms with Crippen LogP contribution in [0.4, 0.5) is 11.4 Å². The van der Waals surface area contributed by atoms with E-state index in [4.69, 9.17) is 10.5 Å². The van der Waals surface area contributed by atoms with Crippen molar-refractivity contribution in [1.82, 2.24) is 4.98 Å². The summed E-state index contributed by atoms with van der Waals surface area (Å²) < 4.78 is 5.10. The first-order valence-electron chi connectivity index (χ1n) is 5.36. The molecule has 1 heterocycles. The van der Waals surface area contributed by atoms with E-state index in [1.54, 1.807) is 19.5 Å². The van der Waals surface area contributed by atoms with E-state index in [0.717, 1.165) is 17.0 Å². The molecule has 0 aliphatic carbocycles. The van der Waals surface area contributed by atoms with Gasteiger partial charge in [-0.2, -0.15) is 0 Å². The number of methoxy groups -OCH3 is 1. The molecular weight excluding hydrogens is 214 g/mol. The molecule has 0 atom stereocenters. The van der Waals surface area contributed by atoms with E-state index in [1.807, 2.05) is 30.3 Å². The molecular formula is C13H15N3O. The average molecular weight is 229 g/mol. The molecule has 0 spiro atoms. The Morgan fingerprint density at radius 3 is 2.65 bits per heavy atom. The van der Waals surface area contributed by atoms with Gasteiger partial charge >= 0.3 is 0 Å². The van der Waals surface area contributed by atoms with E-state index in [-0.39, 0.29) is 0 Å². The molecule has 0 aliphatic rings. The lowest BCUT2D eigenvalue weighted by Gasteiger charge is -2.08. The minimum absolute atomic E-state index is 0.681. The number of hydrogen-bond acceptors (Lipinski definition) is 4. The van der Waals surface area contributed by atoms with Crippen LogP contribution in [0.2, 0.25) is 0 Å². The highest BCUT2D eigenvalue weighted by Crippen LogP contribution is 2.17. The van der Waals surface area contributed by atoms with Crippen molar-refractivity contribution in [3.63, 3.8) is 0 Å². The fourth-order valence-corrected chi connectivity index (χ4v) is 1.50. The van der Waals surface area contributed by atoms with Crippen molar-refractivity contribution in [2.24, 2.45) is 0 Å². The summed E-state index contributed by atoms with van der Waals surface area (Å²) in [5, 5.41) is 3.29. The number of nitrogen functional groups attached to an aromatic ring is 1. The highest BCUT2D eigenvalue weighted by Gasteiger charge is 1.98. The van der Waals surface area contributed by atoms with Crippen LogP contribution in [-0.4, -0.2) is 12.1 Å². The first-order chi connectivity index (χ1) is 8.29. The summed E-state index contributed by atoms with van der Waals surface area (Å²) in [5.41, 5.74) is 8.58. The Balaban J connectivity index is 2.00. The van der Waals surface area contributed by atoms with Gasteiger partial charge in [0.05, 0.1) is 19.0 Å². The van der Waals surface area contributed by atoms with Gasteiger partial charge < -0.3 is 15.8 Å². The van der Waals surface area contributed by atoms with Gasteiger partial charge in [0.2, 0.25) is 0 Å². The maximum Gasteiger partial charge on any atom is 0.119 e. The van der Waals surface area contributed by atoms with Crippen LogP contribution < -0.4 is 15.8 Å². The highest BCUT2D eigenvalue weighted by molar-refractivity contribution is 5.50. The third kappa shape index (κ3) is 2.87. The minimum atomic E-state index is 0.681. The molecule has 0 bridgehead atoms. The van der Waals surface area contributed by atoms with Crippen molar-refractivity contribution >= 4 is 11.4 Å². The Kier molecular flexibility index (Phi) is 3.45. The van der Waals surface area contributed by atoms with Crippen molar-refractivity contribution in [3.05, 3.63) is 48.3 Å². The summed E-state index contributed by atoms with van der Waals surface area (Å²) in [6.07, 6.45) is 3.40. The number of hydrogen-bond donors (Lipinski definition) is 2. The lowest BCUT2D eigenvalue weighted by atomic mass is 10.2. The number of rotatable bonds is 4. The molecule has 4 nitrogen and oxygen atoms in total. The molecule has 0 radical (unpaired) electrons. The molecule has 2 aromatic rings. The second-order valence-corrected chi connectivity index (χ2v) is 3.66. The van der Waals surface area contributed by atoms with E-state index in [9.17, 15) is 0 Å². The molecule has 2 rings (SSSR count). The number of nitrogens with one attached hydrogen (secondary N) is 1. The third-order valence-electron chi connectivity index (χ3n) is 2.52. The predicted octanol–water partition coefficient (Wildman–Crippen LogP) is 2.28. The van der Waals surface area contributed by atoms with E-state index in [2.05, 4.69) is 10.3 Å². The monoisotopic (exact) mass is 229 g/mol. The Labute approximate surface area is 100 Å². The molecule has 0 fully saturated rings. The Morgan fingerprint density at radius 2 is 2.00 bits per heavy atom. The van der Waals surface area contributed by atoms with E-state index < -0.39 is 0 Å². The predicted molar refractivity (Wildman–Crippen MR) is 69.0 cm³/mol. The lowest BCUT2D eigenvalue weighted by molar-refractivity contribution is 0.415. The molecule has 17 heavy (non-hydrogen) atoms. The van der Waals surface area contributed by atoms with E-state index in [0.29, 0.717) is 12.2 Å². The first kappa shape index (κ1) is 11.3. The Bertz CT molecular complexity index is 482. The quantitative estimate of drug-likeness (QED) is 0.844. The van der Waals surface area contributed by atoms with E-state index in [1.165, 1.54) is 0 Å². The zero-order chi connectivity index (χ0) is 12.1. The molecule has 3 N–H and O–H groups in total. The van der Waals surface area contributed by atoms with Gasteiger partial charge in [-0.25, -0.2) is 0 Å². The van der Waals surface area contributed by atoms with Crippen LogP contribution in [0.15, 0.2) is 42.7 Å². The fourth-order valence-electron chi connectivity index (χ4n) is 1.50. The van der Waals surface area contributed by atoms with Crippen molar-refractivity contribution in [2.75, 3.05) is 18.2 Å². The van der Waals surface area contributed by atoms with Gasteiger partial charge in [0, 0.05) is 18.4 Å². The summed E-state index contributed by atoms with van der Waals surface area (Å²) in [6.45, 7) is 0.681. The van der Waals surface area contributed by atoms with Gasteiger partial charge in [0.1, 0.15) is 5.75 Å². The number of ether oxygens (including phenoxy) is 1.